The summed E-state index contributed by atoms with van der Waals surface area (Å²) in [5, 5.41) is 9.10. The van der Waals surface area contributed by atoms with Gasteiger partial charge in [0.05, 0.1) is 13.2 Å². The van der Waals surface area contributed by atoms with Crippen molar-refractivity contribution < 1.29 is 17.9 Å². The van der Waals surface area contributed by atoms with Crippen LogP contribution in [-0.2, 0) is 19.3 Å². The molecule has 24 heavy (non-hydrogen) atoms. The lowest BCUT2D eigenvalue weighted by Crippen LogP contribution is -2.05. The summed E-state index contributed by atoms with van der Waals surface area (Å²) in [7, 11) is -3.94. The number of benzene rings is 1. The number of nitriles is 1. The van der Waals surface area contributed by atoms with Crippen LogP contribution in [0.5, 0.6) is 0 Å². The zero-order chi connectivity index (χ0) is 17.0. The monoisotopic (exact) mass is 342 g/mol. The number of ether oxygens (including phenoxy) is 2. The molecule has 0 radical (unpaired) electrons. The van der Waals surface area contributed by atoms with E-state index in [1.54, 1.807) is 42.5 Å². The molecule has 0 spiro atoms. The van der Waals surface area contributed by atoms with Gasteiger partial charge in [-0.1, -0.05) is 30.3 Å². The topological polar surface area (TPSA) is 89.3 Å². The van der Waals surface area contributed by atoms with Gasteiger partial charge in [-0.3, -0.25) is 0 Å². The van der Waals surface area contributed by atoms with Gasteiger partial charge in [0.25, 0.3) is 0 Å². The van der Waals surface area contributed by atoms with Crippen LogP contribution in [0.15, 0.2) is 58.6 Å². The quantitative estimate of drug-likeness (QED) is 0.793. The van der Waals surface area contributed by atoms with E-state index in [1.165, 1.54) is 18.3 Å². The summed E-state index contributed by atoms with van der Waals surface area (Å²) < 4.78 is 35.7. The van der Waals surface area contributed by atoms with Crippen LogP contribution in [0.2, 0.25) is 0 Å². The molecule has 2 heterocycles. The second-order valence-corrected chi connectivity index (χ2v) is 6.90. The van der Waals surface area contributed by atoms with Gasteiger partial charge in [-0.2, -0.15) is 5.26 Å². The standard InChI is InChI=1S/C17H14N2O4S/c18-12-15(24(20,21)16-3-1-2-8-19-16)11-13-4-6-14(7-5-13)17-22-9-10-23-17/h1-8,11,17H,9-10H2/b15-11+. The van der Waals surface area contributed by atoms with Gasteiger partial charge in [0.1, 0.15) is 6.07 Å². The van der Waals surface area contributed by atoms with Gasteiger partial charge in [0, 0.05) is 11.8 Å². The van der Waals surface area contributed by atoms with Gasteiger partial charge >= 0.3 is 0 Å². The summed E-state index contributed by atoms with van der Waals surface area (Å²) in [6, 6.07) is 13.3. The van der Waals surface area contributed by atoms with Gasteiger partial charge in [-0.15, -0.1) is 0 Å². The van der Waals surface area contributed by atoms with E-state index >= 15 is 0 Å². The zero-order valence-electron chi connectivity index (χ0n) is 12.6. The van der Waals surface area contributed by atoms with Crippen molar-refractivity contribution in [1.82, 2.24) is 4.98 Å². The van der Waals surface area contributed by atoms with Gasteiger partial charge < -0.3 is 9.47 Å². The number of aromatic nitrogens is 1. The van der Waals surface area contributed by atoms with Gasteiger partial charge in [0.15, 0.2) is 16.2 Å². The Bertz CT molecular complexity index is 878. The summed E-state index contributed by atoms with van der Waals surface area (Å²) in [4.78, 5) is 3.46. The average Bonchev–Trinajstić information content (AvgIpc) is 3.15. The molecule has 0 saturated carbocycles. The number of rotatable bonds is 4. The highest BCUT2D eigenvalue weighted by Crippen LogP contribution is 2.24. The molecular weight excluding hydrogens is 328 g/mol. The molecule has 1 aliphatic heterocycles. The van der Waals surface area contributed by atoms with Crippen molar-refractivity contribution in [2.45, 2.75) is 11.3 Å². The van der Waals surface area contributed by atoms with Crippen molar-refractivity contribution in [3.05, 3.63) is 64.7 Å². The van der Waals surface area contributed by atoms with E-state index in [-0.39, 0.29) is 9.93 Å². The summed E-state index contributed by atoms with van der Waals surface area (Å²) >= 11 is 0. The molecule has 1 aromatic heterocycles. The molecule has 1 aliphatic rings. The lowest BCUT2D eigenvalue weighted by molar-refractivity contribution is -0.0441. The maximum absolute atomic E-state index is 12.5. The van der Waals surface area contributed by atoms with E-state index < -0.39 is 16.1 Å². The molecule has 122 valence electrons. The third kappa shape index (κ3) is 3.36. The lowest BCUT2D eigenvalue weighted by Gasteiger charge is -2.09. The van der Waals surface area contributed by atoms with Gasteiger partial charge in [0.2, 0.25) is 9.84 Å². The number of nitrogens with zero attached hydrogens (tertiary/aromatic N) is 2. The molecule has 0 bridgehead atoms. The first-order valence-electron chi connectivity index (χ1n) is 7.22. The molecule has 3 rings (SSSR count). The molecule has 0 atom stereocenters. The van der Waals surface area contributed by atoms with E-state index in [0.717, 1.165) is 5.56 Å². The second kappa shape index (κ2) is 6.93. The number of sulfone groups is 1. The molecule has 1 fully saturated rings. The Morgan fingerprint density at radius 3 is 2.46 bits per heavy atom. The van der Waals surface area contributed by atoms with Gasteiger partial charge in [-0.25, -0.2) is 13.4 Å². The van der Waals surface area contributed by atoms with Crippen molar-refractivity contribution in [2.24, 2.45) is 0 Å². The van der Waals surface area contributed by atoms with Crippen LogP contribution in [0.3, 0.4) is 0 Å². The molecule has 0 unspecified atom stereocenters. The normalized spacial score (nSPS) is 16.0. The highest BCUT2D eigenvalue weighted by Gasteiger charge is 2.22. The molecule has 0 amide bonds. The van der Waals surface area contributed by atoms with Crippen molar-refractivity contribution >= 4 is 15.9 Å². The average molecular weight is 342 g/mol. The Balaban J connectivity index is 1.89. The van der Waals surface area contributed by atoms with Crippen molar-refractivity contribution in [2.75, 3.05) is 13.2 Å². The summed E-state index contributed by atoms with van der Waals surface area (Å²) in [6.07, 6.45) is 2.30. The number of pyridine rings is 1. The largest absolute Gasteiger partial charge is 0.346 e. The second-order valence-electron chi connectivity index (χ2n) is 5.03. The Morgan fingerprint density at radius 1 is 1.17 bits per heavy atom. The first-order chi connectivity index (χ1) is 11.6. The minimum atomic E-state index is -3.94. The fraction of sp³-hybridized carbons (Fsp3) is 0.176. The van der Waals surface area contributed by atoms with E-state index in [0.29, 0.717) is 18.8 Å². The zero-order valence-corrected chi connectivity index (χ0v) is 13.4. The van der Waals surface area contributed by atoms with Crippen molar-refractivity contribution in [1.29, 1.82) is 5.26 Å². The third-order valence-electron chi connectivity index (χ3n) is 3.44. The first-order valence-corrected chi connectivity index (χ1v) is 8.70. The van der Waals surface area contributed by atoms with Crippen LogP contribution in [0, 0.1) is 11.3 Å². The van der Waals surface area contributed by atoms with Crippen LogP contribution in [-0.4, -0.2) is 26.6 Å². The molecule has 1 aromatic carbocycles. The fourth-order valence-electron chi connectivity index (χ4n) is 2.24. The van der Waals surface area contributed by atoms with Crippen LogP contribution >= 0.6 is 0 Å². The molecule has 7 heteroatoms. The smallest absolute Gasteiger partial charge is 0.233 e. The lowest BCUT2D eigenvalue weighted by atomic mass is 10.1. The summed E-state index contributed by atoms with van der Waals surface area (Å²) in [5.41, 5.74) is 1.43. The van der Waals surface area contributed by atoms with E-state index in [1.807, 2.05) is 0 Å². The van der Waals surface area contributed by atoms with Crippen molar-refractivity contribution in [3.8, 4) is 6.07 Å². The highest BCUT2D eigenvalue weighted by molar-refractivity contribution is 7.95. The SMILES string of the molecule is N#C/C(=C\c1ccc(C2OCCO2)cc1)S(=O)(=O)c1ccccn1. The van der Waals surface area contributed by atoms with Crippen LogP contribution in [0.4, 0.5) is 0 Å². The predicted octanol–water partition coefficient (Wildman–Crippen LogP) is 2.47. The van der Waals surface area contributed by atoms with Crippen LogP contribution in [0.25, 0.3) is 6.08 Å². The molecule has 1 saturated heterocycles. The van der Waals surface area contributed by atoms with E-state index in [4.69, 9.17) is 9.47 Å². The minimum Gasteiger partial charge on any atom is -0.346 e. The molecule has 2 aromatic rings. The molecule has 0 aliphatic carbocycles. The molecule has 6 nitrogen and oxygen atoms in total. The summed E-state index contributed by atoms with van der Waals surface area (Å²) in [6.45, 7) is 1.10. The van der Waals surface area contributed by atoms with Crippen LogP contribution < -0.4 is 0 Å². The predicted molar refractivity (Wildman–Crippen MR) is 86.1 cm³/mol. The Labute approximate surface area is 139 Å². The Morgan fingerprint density at radius 2 is 1.88 bits per heavy atom. The number of hydrogen-bond donors (Lipinski definition) is 0. The van der Waals surface area contributed by atoms with E-state index in [2.05, 4.69) is 4.98 Å². The molecule has 0 N–H and O–H groups in total. The van der Waals surface area contributed by atoms with Crippen molar-refractivity contribution in [3.63, 3.8) is 0 Å². The fourth-order valence-corrected chi connectivity index (χ4v) is 3.33. The highest BCUT2D eigenvalue weighted by atomic mass is 32.2. The van der Waals surface area contributed by atoms with Crippen LogP contribution in [0.1, 0.15) is 17.4 Å². The number of allylic oxidation sites excluding steroid dienone is 1. The minimum absolute atomic E-state index is 0.151. The first kappa shape index (κ1) is 16.3. The Kier molecular flexibility index (Phi) is 4.71. The summed E-state index contributed by atoms with van der Waals surface area (Å²) in [5.74, 6) is 0. The molecular formula is C17H14N2O4S. The maximum Gasteiger partial charge on any atom is 0.233 e. The maximum atomic E-state index is 12.5. The Hall–Kier alpha value is -2.53. The number of hydrogen-bond acceptors (Lipinski definition) is 6. The van der Waals surface area contributed by atoms with E-state index in [9.17, 15) is 13.7 Å². The third-order valence-corrected chi connectivity index (χ3v) is 5.02. The van der Waals surface area contributed by atoms with Gasteiger partial charge in [-0.05, 0) is 23.8 Å².